The normalized spacial score (nSPS) is 11.5. The summed E-state index contributed by atoms with van der Waals surface area (Å²) >= 11 is 0. The predicted octanol–water partition coefficient (Wildman–Crippen LogP) is 5.78. The topological polar surface area (TPSA) is 73.9 Å². The molecule has 200 valence electrons. The zero-order valence-electron chi connectivity index (χ0n) is 22.5. The number of esters is 2. The summed E-state index contributed by atoms with van der Waals surface area (Å²) in [5, 5.41) is 5.15. The number of para-hydroxylation sites is 1. The summed E-state index contributed by atoms with van der Waals surface area (Å²) in [6.07, 6.45) is 0. The molecule has 0 spiro atoms. The standard InChI is InChI=1S/C34H29NO5/c1-21(2)33(36)38-16-17-39-34(37)26-13-9-8-12-25(26)32-27-15-14-22(3)18-30(27)40-31-19-23(4)29(20-28(31)32)35-24-10-6-5-7-11-24/h5-15,18-20,35H,1,3,16-17H2,2,4H3. The minimum atomic E-state index is -0.526. The average molecular weight is 532 g/mol. The first-order chi connectivity index (χ1) is 19.3. The molecule has 0 saturated heterocycles. The molecule has 5 rings (SSSR count). The molecule has 1 aliphatic heterocycles. The molecule has 1 N–H and O–H groups in total. The van der Waals surface area contributed by atoms with Crippen LogP contribution in [-0.4, -0.2) is 25.2 Å². The number of carbonyl (C=O) groups is 2. The van der Waals surface area contributed by atoms with Gasteiger partial charge in [-0.25, -0.2) is 9.59 Å². The van der Waals surface area contributed by atoms with Gasteiger partial charge in [0.2, 0.25) is 0 Å². The Morgan fingerprint density at radius 3 is 2.35 bits per heavy atom. The number of anilines is 2. The van der Waals surface area contributed by atoms with E-state index in [4.69, 9.17) is 14.2 Å². The maximum Gasteiger partial charge on any atom is 0.338 e. The molecule has 0 fully saturated rings. The quantitative estimate of drug-likeness (QED) is 0.156. The lowest BCUT2D eigenvalue weighted by Crippen LogP contribution is -2.21. The van der Waals surface area contributed by atoms with E-state index in [1.807, 2.05) is 79.7 Å². The van der Waals surface area contributed by atoms with Crippen molar-refractivity contribution in [3.05, 3.63) is 130 Å². The van der Waals surface area contributed by atoms with E-state index in [1.165, 1.54) is 0 Å². The van der Waals surface area contributed by atoms with Crippen LogP contribution >= 0.6 is 0 Å². The van der Waals surface area contributed by atoms with E-state index in [2.05, 4.69) is 18.5 Å². The van der Waals surface area contributed by atoms with Crippen molar-refractivity contribution >= 4 is 35.5 Å². The monoisotopic (exact) mass is 531 g/mol. The van der Waals surface area contributed by atoms with E-state index in [1.54, 1.807) is 19.1 Å². The number of ether oxygens (including phenoxy) is 3. The van der Waals surface area contributed by atoms with Gasteiger partial charge >= 0.3 is 11.9 Å². The molecule has 1 aliphatic rings. The van der Waals surface area contributed by atoms with E-state index in [-0.39, 0.29) is 18.8 Å². The zero-order valence-corrected chi connectivity index (χ0v) is 22.5. The van der Waals surface area contributed by atoms with Crippen LogP contribution in [0.5, 0.6) is 11.5 Å². The second-order valence-corrected chi connectivity index (χ2v) is 9.56. The van der Waals surface area contributed by atoms with E-state index in [9.17, 15) is 9.59 Å². The Balaban J connectivity index is 1.58. The van der Waals surface area contributed by atoms with Crippen molar-refractivity contribution in [3.63, 3.8) is 0 Å². The molecule has 0 bridgehead atoms. The molecule has 0 unspecified atom stereocenters. The van der Waals surface area contributed by atoms with Gasteiger partial charge in [-0.2, -0.15) is 0 Å². The summed E-state index contributed by atoms with van der Waals surface area (Å²) in [7, 11) is 0. The molecule has 1 heterocycles. The van der Waals surface area contributed by atoms with Gasteiger partial charge in [-0.3, -0.25) is 0 Å². The lowest BCUT2D eigenvalue weighted by atomic mass is 9.88. The van der Waals surface area contributed by atoms with Crippen LogP contribution in [0.3, 0.4) is 0 Å². The van der Waals surface area contributed by atoms with Gasteiger partial charge in [0.15, 0.2) is 0 Å². The van der Waals surface area contributed by atoms with Gasteiger partial charge in [-0.15, -0.1) is 0 Å². The van der Waals surface area contributed by atoms with Crippen molar-refractivity contribution < 1.29 is 23.8 Å². The molecule has 6 nitrogen and oxygen atoms in total. The Morgan fingerprint density at radius 2 is 1.57 bits per heavy atom. The maximum absolute atomic E-state index is 13.3. The van der Waals surface area contributed by atoms with Gasteiger partial charge in [0.1, 0.15) is 24.7 Å². The largest absolute Gasteiger partial charge is 0.459 e. The van der Waals surface area contributed by atoms with Crippen LogP contribution in [0.4, 0.5) is 11.4 Å². The fraction of sp³-hybridized carbons (Fsp3) is 0.118. The number of nitrogens with one attached hydrogen (secondary N) is 1. The Kier molecular flexibility index (Phi) is 7.51. The minimum Gasteiger partial charge on any atom is -0.459 e. The van der Waals surface area contributed by atoms with Crippen molar-refractivity contribution in [2.75, 3.05) is 18.5 Å². The third-order valence-corrected chi connectivity index (χ3v) is 6.50. The van der Waals surface area contributed by atoms with Crippen LogP contribution in [0.1, 0.15) is 34.0 Å². The molecule has 0 aromatic heterocycles. The van der Waals surface area contributed by atoms with E-state index in [0.29, 0.717) is 22.6 Å². The highest BCUT2D eigenvalue weighted by Crippen LogP contribution is 2.40. The summed E-state index contributed by atoms with van der Waals surface area (Å²) in [5.74, 6) is 0.294. The Hall–Kier alpha value is -5.10. The molecule has 0 aliphatic carbocycles. The van der Waals surface area contributed by atoms with Crippen LogP contribution in [-0.2, 0) is 14.3 Å². The molecule has 6 heteroatoms. The number of benzene rings is 4. The number of hydrogen-bond acceptors (Lipinski definition) is 6. The van der Waals surface area contributed by atoms with Gasteiger partial charge < -0.3 is 19.5 Å². The molecule has 40 heavy (non-hydrogen) atoms. The summed E-state index contributed by atoms with van der Waals surface area (Å²) in [4.78, 5) is 24.9. The van der Waals surface area contributed by atoms with Crippen LogP contribution in [0.15, 0.2) is 97.1 Å². The SMILES string of the molecule is C=C(C)C(=O)OCCOC(=O)c1ccccc1C1=c2ccc(=C)cc2Oc2cc(C)c(Nc3ccccc3)cc21. The summed E-state index contributed by atoms with van der Waals surface area (Å²) in [6, 6.07) is 27.0. The van der Waals surface area contributed by atoms with Crippen LogP contribution < -0.4 is 20.5 Å². The van der Waals surface area contributed by atoms with Gasteiger partial charge in [-0.05, 0) is 66.6 Å². The average Bonchev–Trinajstić information content (AvgIpc) is 2.95. The number of hydrogen-bond donors (Lipinski definition) is 1. The first kappa shape index (κ1) is 26.5. The second kappa shape index (κ2) is 11.3. The molecular weight excluding hydrogens is 502 g/mol. The van der Waals surface area contributed by atoms with E-state index < -0.39 is 11.9 Å². The smallest absolute Gasteiger partial charge is 0.338 e. The summed E-state index contributed by atoms with van der Waals surface area (Å²) in [5.41, 5.74) is 5.94. The highest BCUT2D eigenvalue weighted by atomic mass is 16.6. The summed E-state index contributed by atoms with van der Waals surface area (Å²) in [6.45, 7) is 11.1. The second-order valence-electron chi connectivity index (χ2n) is 9.56. The van der Waals surface area contributed by atoms with Crippen LogP contribution in [0.25, 0.3) is 12.2 Å². The molecular formula is C34H29NO5. The lowest BCUT2D eigenvalue weighted by molar-refractivity contribution is -0.140. The third-order valence-electron chi connectivity index (χ3n) is 6.50. The van der Waals surface area contributed by atoms with Gasteiger partial charge in [-0.1, -0.05) is 61.7 Å². The van der Waals surface area contributed by atoms with Crippen molar-refractivity contribution in [3.8, 4) is 11.5 Å². The first-order valence-corrected chi connectivity index (χ1v) is 12.9. The van der Waals surface area contributed by atoms with Crippen LogP contribution in [0.2, 0.25) is 0 Å². The number of carbonyl (C=O) groups excluding carboxylic acids is 2. The lowest BCUT2D eigenvalue weighted by Gasteiger charge is -2.24. The van der Waals surface area contributed by atoms with E-state index >= 15 is 0 Å². The third kappa shape index (κ3) is 5.52. The Bertz CT molecular complexity index is 1740. The molecule has 0 amide bonds. The van der Waals surface area contributed by atoms with E-state index in [0.717, 1.165) is 38.5 Å². The van der Waals surface area contributed by atoms with Gasteiger partial charge in [0.25, 0.3) is 0 Å². The van der Waals surface area contributed by atoms with Gasteiger partial charge in [0.05, 0.1) is 5.56 Å². The van der Waals surface area contributed by atoms with Gasteiger partial charge in [0, 0.05) is 33.3 Å². The van der Waals surface area contributed by atoms with Crippen molar-refractivity contribution in [1.29, 1.82) is 0 Å². The zero-order chi connectivity index (χ0) is 28.2. The maximum atomic E-state index is 13.3. The fourth-order valence-corrected chi connectivity index (χ4v) is 4.53. The summed E-state index contributed by atoms with van der Waals surface area (Å²) < 4.78 is 16.9. The van der Waals surface area contributed by atoms with Crippen molar-refractivity contribution in [2.45, 2.75) is 13.8 Å². The number of aryl methyl sites for hydroxylation is 1. The first-order valence-electron chi connectivity index (χ1n) is 12.9. The molecule has 4 aromatic carbocycles. The number of rotatable bonds is 8. The fourth-order valence-electron chi connectivity index (χ4n) is 4.53. The molecule has 0 radical (unpaired) electrons. The molecule has 0 atom stereocenters. The molecule has 4 aromatic rings. The van der Waals surface area contributed by atoms with Crippen LogP contribution in [0, 0.1) is 6.92 Å². The predicted molar refractivity (Wildman–Crippen MR) is 156 cm³/mol. The van der Waals surface area contributed by atoms with Crippen molar-refractivity contribution in [2.24, 2.45) is 0 Å². The Labute approximate surface area is 232 Å². The highest BCUT2D eigenvalue weighted by Gasteiger charge is 2.25. The minimum absolute atomic E-state index is 0.0598. The van der Waals surface area contributed by atoms with Crippen molar-refractivity contribution in [1.82, 2.24) is 0 Å². The molecule has 0 saturated carbocycles. The highest BCUT2D eigenvalue weighted by molar-refractivity contribution is 5.99. The number of fused-ring (bicyclic) bond motifs is 2. The Morgan fingerprint density at radius 1 is 0.850 bits per heavy atom.